The van der Waals surface area contributed by atoms with Crippen LogP contribution in [0.2, 0.25) is 0 Å². The highest BCUT2D eigenvalue weighted by atomic mass is 15.1. The Balaban J connectivity index is 0.984. The normalized spacial score (nSPS) is 12.4. The maximum atomic E-state index is 4.21. The van der Waals surface area contributed by atoms with Crippen LogP contribution < -0.4 is 4.90 Å². The van der Waals surface area contributed by atoms with Crippen molar-refractivity contribution in [2.45, 2.75) is 12.8 Å². The standard InChI is InChI=1S/C55H40N4/c1-4-10-39(11-5-1)40-16-23-48(24-17-40)58(49-25-18-41(19-26-49)43-30-33-56-34-31-43)50-27-20-42(21-28-50)44-22-29-53-51(36-44)52-37-45-32-35-57(46-12-6-2-7-13-46)54(45)38-55(52)59(53)47-14-8-3-9-15-47/h1-21,23-28,30-38H,22,29H2. The second-order valence-electron chi connectivity index (χ2n) is 15.2. The SMILES string of the molecule is C1=C(c2ccc(N(c3ccc(-c4ccccc4)cc3)c3ccc(-c4ccncc4)cc3)cc2)CCc2c1c1cc3ccn(-c4ccccc4)c3cc1n2-c1ccccc1. The highest BCUT2D eigenvalue weighted by Gasteiger charge is 2.23. The molecule has 0 saturated heterocycles. The van der Waals surface area contributed by atoms with Gasteiger partial charge in [0.15, 0.2) is 0 Å². The lowest BCUT2D eigenvalue weighted by molar-refractivity contribution is 0.898. The Labute approximate surface area is 344 Å². The summed E-state index contributed by atoms with van der Waals surface area (Å²) >= 11 is 0. The first-order valence-electron chi connectivity index (χ1n) is 20.3. The molecule has 0 unspecified atom stereocenters. The van der Waals surface area contributed by atoms with Crippen molar-refractivity contribution in [3.05, 3.63) is 230 Å². The molecule has 1 aliphatic rings. The minimum atomic E-state index is 0.957. The van der Waals surface area contributed by atoms with Gasteiger partial charge in [0.1, 0.15) is 0 Å². The fraction of sp³-hybridized carbons (Fsp3) is 0.0364. The van der Waals surface area contributed by atoms with Gasteiger partial charge in [-0.05, 0) is 143 Å². The van der Waals surface area contributed by atoms with E-state index >= 15 is 0 Å². The van der Waals surface area contributed by atoms with Crippen LogP contribution in [0.5, 0.6) is 0 Å². The average molecular weight is 757 g/mol. The number of aromatic nitrogens is 3. The van der Waals surface area contributed by atoms with Gasteiger partial charge >= 0.3 is 0 Å². The third-order valence-electron chi connectivity index (χ3n) is 11.8. The fourth-order valence-electron chi connectivity index (χ4n) is 8.87. The molecule has 59 heavy (non-hydrogen) atoms. The van der Waals surface area contributed by atoms with Crippen LogP contribution >= 0.6 is 0 Å². The topological polar surface area (TPSA) is 26.0 Å². The Kier molecular flexibility index (Phi) is 8.59. The number of hydrogen-bond acceptors (Lipinski definition) is 2. The fourth-order valence-corrected chi connectivity index (χ4v) is 8.87. The van der Waals surface area contributed by atoms with Crippen LogP contribution in [0, 0.1) is 0 Å². The van der Waals surface area contributed by atoms with E-state index in [0.29, 0.717) is 0 Å². The van der Waals surface area contributed by atoms with Crippen LogP contribution in [0.25, 0.3) is 67.1 Å². The van der Waals surface area contributed by atoms with E-state index < -0.39 is 0 Å². The minimum Gasteiger partial charge on any atom is -0.316 e. The predicted octanol–water partition coefficient (Wildman–Crippen LogP) is 14.3. The molecule has 0 radical (unpaired) electrons. The Hall–Kier alpha value is -7.69. The molecule has 0 amide bonds. The zero-order chi connectivity index (χ0) is 39.1. The van der Waals surface area contributed by atoms with E-state index in [-0.39, 0.29) is 0 Å². The molecular formula is C55H40N4. The summed E-state index contributed by atoms with van der Waals surface area (Å²) in [7, 11) is 0. The summed E-state index contributed by atoms with van der Waals surface area (Å²) in [4.78, 5) is 6.56. The summed E-state index contributed by atoms with van der Waals surface area (Å²) in [6.45, 7) is 0. The Morgan fingerprint density at radius 3 is 1.58 bits per heavy atom. The quantitative estimate of drug-likeness (QED) is 0.154. The summed E-state index contributed by atoms with van der Waals surface area (Å²) < 4.78 is 4.79. The molecule has 3 heterocycles. The van der Waals surface area contributed by atoms with Crippen LogP contribution in [-0.2, 0) is 6.42 Å². The molecule has 0 N–H and O–H groups in total. The van der Waals surface area contributed by atoms with E-state index in [1.165, 1.54) is 66.7 Å². The van der Waals surface area contributed by atoms with Crippen molar-refractivity contribution in [1.29, 1.82) is 0 Å². The number of para-hydroxylation sites is 2. The van der Waals surface area contributed by atoms with Crippen LogP contribution in [0.15, 0.2) is 213 Å². The van der Waals surface area contributed by atoms with E-state index in [1.807, 2.05) is 12.4 Å². The van der Waals surface area contributed by atoms with Crippen molar-refractivity contribution >= 4 is 50.5 Å². The lowest BCUT2D eigenvalue weighted by Gasteiger charge is -2.26. The monoisotopic (exact) mass is 756 g/mol. The Morgan fingerprint density at radius 1 is 0.441 bits per heavy atom. The summed E-state index contributed by atoms with van der Waals surface area (Å²) in [6, 6.07) is 70.0. The molecule has 4 nitrogen and oxygen atoms in total. The number of anilines is 3. The van der Waals surface area contributed by atoms with Gasteiger partial charge in [0.2, 0.25) is 0 Å². The van der Waals surface area contributed by atoms with Gasteiger partial charge in [-0.25, -0.2) is 0 Å². The molecule has 7 aromatic carbocycles. The smallest absolute Gasteiger partial charge is 0.0559 e. The number of benzene rings is 7. The molecule has 1 aliphatic carbocycles. The number of rotatable bonds is 8. The number of fused-ring (bicyclic) bond motifs is 4. The lowest BCUT2D eigenvalue weighted by atomic mass is 9.91. The van der Waals surface area contributed by atoms with E-state index in [2.05, 4.69) is 225 Å². The number of allylic oxidation sites excluding steroid dienone is 1. The van der Waals surface area contributed by atoms with Crippen molar-refractivity contribution in [3.8, 4) is 33.6 Å². The van der Waals surface area contributed by atoms with E-state index in [0.717, 1.165) is 41.0 Å². The van der Waals surface area contributed by atoms with Crippen molar-refractivity contribution < 1.29 is 0 Å². The molecule has 0 bridgehead atoms. The van der Waals surface area contributed by atoms with Crippen molar-refractivity contribution in [2.24, 2.45) is 0 Å². The second-order valence-corrected chi connectivity index (χ2v) is 15.2. The number of hydrogen-bond donors (Lipinski definition) is 0. The van der Waals surface area contributed by atoms with Crippen molar-refractivity contribution in [3.63, 3.8) is 0 Å². The van der Waals surface area contributed by atoms with E-state index in [1.54, 1.807) is 0 Å². The molecule has 0 fully saturated rings. The first kappa shape index (κ1) is 34.5. The predicted molar refractivity (Wildman–Crippen MR) is 246 cm³/mol. The van der Waals surface area contributed by atoms with Crippen LogP contribution in [-0.4, -0.2) is 14.1 Å². The van der Waals surface area contributed by atoms with Gasteiger partial charge in [0, 0.05) is 69.1 Å². The third-order valence-corrected chi connectivity index (χ3v) is 11.8. The average Bonchev–Trinajstić information content (AvgIpc) is 3.88. The first-order valence-corrected chi connectivity index (χ1v) is 20.3. The molecule has 3 aromatic heterocycles. The minimum absolute atomic E-state index is 0.957. The third kappa shape index (κ3) is 6.32. The summed E-state index contributed by atoms with van der Waals surface area (Å²) in [5.74, 6) is 0. The van der Waals surface area contributed by atoms with Gasteiger partial charge in [-0.1, -0.05) is 103 Å². The largest absolute Gasteiger partial charge is 0.316 e. The Morgan fingerprint density at radius 2 is 0.966 bits per heavy atom. The van der Waals surface area contributed by atoms with Crippen molar-refractivity contribution in [1.82, 2.24) is 14.1 Å². The summed E-state index contributed by atoms with van der Waals surface area (Å²) in [5.41, 5.74) is 18.2. The number of nitrogens with zero attached hydrogens (tertiary/aromatic N) is 4. The van der Waals surface area contributed by atoms with Gasteiger partial charge < -0.3 is 14.0 Å². The van der Waals surface area contributed by atoms with E-state index in [4.69, 9.17) is 0 Å². The molecule has 0 atom stereocenters. The maximum absolute atomic E-state index is 4.21. The first-order chi connectivity index (χ1) is 29.2. The maximum Gasteiger partial charge on any atom is 0.0559 e. The van der Waals surface area contributed by atoms with Crippen molar-refractivity contribution in [2.75, 3.05) is 4.90 Å². The molecule has 0 aliphatic heterocycles. The number of pyridine rings is 1. The molecule has 4 heteroatoms. The van der Waals surface area contributed by atoms with Crippen LogP contribution in [0.3, 0.4) is 0 Å². The van der Waals surface area contributed by atoms with Crippen LogP contribution in [0.4, 0.5) is 17.1 Å². The second kappa shape index (κ2) is 14.7. The molecule has 10 aromatic rings. The van der Waals surface area contributed by atoms with Crippen LogP contribution in [0.1, 0.15) is 23.2 Å². The van der Waals surface area contributed by atoms with Gasteiger partial charge in [-0.15, -0.1) is 0 Å². The zero-order valence-corrected chi connectivity index (χ0v) is 32.5. The summed E-state index contributed by atoms with van der Waals surface area (Å²) in [6.07, 6.45) is 10.3. The molecule has 11 rings (SSSR count). The van der Waals surface area contributed by atoms with E-state index in [9.17, 15) is 0 Å². The highest BCUT2D eigenvalue weighted by molar-refractivity contribution is 6.05. The van der Waals surface area contributed by atoms with Gasteiger partial charge in [0.25, 0.3) is 0 Å². The molecule has 280 valence electrons. The summed E-state index contributed by atoms with van der Waals surface area (Å²) in [5, 5.41) is 2.53. The molecule has 0 spiro atoms. The molecular weight excluding hydrogens is 717 g/mol. The van der Waals surface area contributed by atoms with Gasteiger partial charge in [-0.3, -0.25) is 4.98 Å². The Bertz CT molecular complexity index is 3010. The zero-order valence-electron chi connectivity index (χ0n) is 32.5. The van der Waals surface area contributed by atoms with Gasteiger partial charge in [-0.2, -0.15) is 0 Å². The molecule has 0 saturated carbocycles. The lowest BCUT2D eigenvalue weighted by Crippen LogP contribution is -2.10. The highest BCUT2D eigenvalue weighted by Crippen LogP contribution is 2.42. The van der Waals surface area contributed by atoms with Gasteiger partial charge in [0.05, 0.1) is 11.0 Å².